The fourth-order valence-corrected chi connectivity index (χ4v) is 13.7. The van der Waals surface area contributed by atoms with Gasteiger partial charge in [0.2, 0.25) is 76.8 Å². The normalized spacial score (nSPS) is 19.6. The van der Waals surface area contributed by atoms with E-state index in [4.69, 9.17) is 75.8 Å². The van der Waals surface area contributed by atoms with Crippen LogP contribution in [0.4, 0.5) is 0 Å². The zero-order chi connectivity index (χ0) is 111. The van der Waals surface area contributed by atoms with E-state index in [0.29, 0.717) is 12.3 Å². The van der Waals surface area contributed by atoms with Crippen molar-refractivity contribution in [2.75, 3.05) is 313 Å². The van der Waals surface area contributed by atoms with E-state index >= 15 is 0 Å². The van der Waals surface area contributed by atoms with Gasteiger partial charge in [0.05, 0.1) is 266 Å². The molecule has 0 spiro atoms. The van der Waals surface area contributed by atoms with Crippen molar-refractivity contribution in [3.63, 3.8) is 0 Å². The standard InChI is InChI=1S/C89H163N15O31S4.C8H16O/c1-66(105)90-17-25-120-33-41-128-58-88(60-130-43-35-122-27-19-92-74(109)14-12-72(107)85(2,3)4)59-129-42-34-121-26-18-91-73(108)13-11-68(106)49-67(54-136)81(116)98-50-77(112)94-21-29-124-37-45-132-62-89(64-134-47-39-126-31-23-96-79(114)52-100-83(118)70(56-138)103-86(5,6)7,65-135-48-40-127-32-24-97-80(115)53-101-84(119)71(57-139)104-87(8,9)10)63-133-46-38-125-30-22-95-78(113)51-99-82(117)69(55-137)102-76(111)16-15-75(110)93-20-28-123-36-44-131-61-88;1-5-6-7(9)8(2,3)4/h67,69-71,103-104,136-139H,11-65H2,1-10H3,(H,90,105)(H,91,108)(H,92,109)(H,93,110)(H,94,112)(H,95,113)(H,96,114)(H,97,115)(H,98,116)(H,99,117)(H,100,118)(H,101,119)(H,102,111);5-6H2,1-4H3. The van der Waals surface area contributed by atoms with Gasteiger partial charge in [-0.05, 0) is 48.0 Å². The molecule has 13 amide bonds. The summed E-state index contributed by atoms with van der Waals surface area (Å²) in [7, 11) is 0. The smallest absolute Gasteiger partial charge is 0.243 e. The average molecular weight is 2200 g/mol. The fraction of sp³-hybridized carbons (Fsp3) is 0.835. The van der Waals surface area contributed by atoms with Gasteiger partial charge in [0.25, 0.3) is 0 Å². The number of hydrogen-bond acceptors (Lipinski definition) is 38. The maximum atomic E-state index is 13.2. The van der Waals surface area contributed by atoms with Crippen molar-refractivity contribution in [2.24, 2.45) is 27.6 Å². The molecule has 0 aromatic rings. The Kier molecular flexibility index (Phi) is 82.0. The summed E-state index contributed by atoms with van der Waals surface area (Å²) in [6.07, 6.45) is 0.783. The van der Waals surface area contributed by atoms with E-state index in [0.717, 1.165) is 12.8 Å². The number of rotatable bonds is 49. The van der Waals surface area contributed by atoms with Crippen LogP contribution in [0, 0.1) is 27.6 Å². The molecule has 51 heteroatoms. The molecule has 5 unspecified atom stereocenters. The largest absolute Gasteiger partial charge is 0.378 e. The molecule has 1 aliphatic heterocycles. The number of Topliss-reactive ketones (excluding diaryl/α,β-unsaturated/α-hetero) is 3. The number of carbonyl (C=O) groups is 16. The fourth-order valence-electron chi connectivity index (χ4n) is 12.6. The molecule has 1 aliphatic rings. The topological polar surface area (TPSA) is 601 Å². The maximum Gasteiger partial charge on any atom is 0.243 e. The van der Waals surface area contributed by atoms with Crippen molar-refractivity contribution in [3.8, 4) is 0 Å². The summed E-state index contributed by atoms with van der Waals surface area (Å²) in [5, 5.41) is 40.7. The van der Waals surface area contributed by atoms with Crippen molar-refractivity contribution in [2.45, 2.75) is 184 Å². The molecular formula is C97H179N15O32S4. The van der Waals surface area contributed by atoms with Gasteiger partial charge in [-0.3, -0.25) is 76.7 Å². The van der Waals surface area contributed by atoms with Gasteiger partial charge in [0.1, 0.15) is 23.4 Å². The number of nitrogens with one attached hydrogen (secondary N) is 15. The van der Waals surface area contributed by atoms with Gasteiger partial charge in [-0.2, -0.15) is 50.5 Å². The zero-order valence-electron chi connectivity index (χ0n) is 90.0. The minimum atomic E-state index is -1.15. The minimum absolute atomic E-state index is 0.0140. The third-order valence-electron chi connectivity index (χ3n) is 20.6. The molecule has 1 rings (SSSR count). The van der Waals surface area contributed by atoms with E-state index < -0.39 is 107 Å². The first-order valence-corrected chi connectivity index (χ1v) is 53.1. The Hall–Kier alpha value is -7.20. The highest BCUT2D eigenvalue weighted by atomic mass is 32.1. The van der Waals surface area contributed by atoms with Gasteiger partial charge in [0, 0.05) is 156 Å². The Balaban J connectivity index is 0.0000228. The van der Waals surface area contributed by atoms with Gasteiger partial charge in [-0.1, -0.05) is 48.5 Å². The van der Waals surface area contributed by atoms with Crippen LogP contribution in [0.5, 0.6) is 0 Å². The molecule has 1 saturated heterocycles. The van der Waals surface area contributed by atoms with E-state index in [1.807, 2.05) is 69.2 Å². The number of thiol groups is 4. The first kappa shape index (κ1) is 141. The second-order valence-electron chi connectivity index (χ2n) is 38.9. The Bertz CT molecular complexity index is 3570. The van der Waals surface area contributed by atoms with Crippen LogP contribution in [0.2, 0.25) is 0 Å². The van der Waals surface area contributed by atoms with E-state index in [2.05, 4.69) is 130 Å². The van der Waals surface area contributed by atoms with Crippen LogP contribution < -0.4 is 79.8 Å². The maximum absolute atomic E-state index is 13.2. The Morgan fingerprint density at radius 2 is 0.689 bits per heavy atom. The summed E-state index contributed by atoms with van der Waals surface area (Å²) in [4.78, 5) is 202. The van der Waals surface area contributed by atoms with Crippen LogP contribution in [0.1, 0.15) is 155 Å². The highest BCUT2D eigenvalue weighted by Crippen LogP contribution is 2.24. The summed E-state index contributed by atoms with van der Waals surface area (Å²) >= 11 is 17.0. The summed E-state index contributed by atoms with van der Waals surface area (Å²) in [6, 6.07) is -2.38. The quantitative estimate of drug-likeness (QED) is 0.0238. The SMILES string of the molecule is CC(=O)NCCOCCOCC1(COCCOCCNC(=O)CCC(=O)C(C)(C)C)COCCOCCNC(=O)CCC(=O)CC(CS)C(=O)NCC(=O)NCCOCCOCC(COCCOCCNC(=O)CNC(=O)C(CS)NC(C)(C)C)(COCCOCCNC(=O)CNC(=O)C(CS)NC(C)(C)C)COCCOCCNC(=O)CNC(=O)C(CS)NC(=O)CCC(=O)NCCOCCOC1.CCCC(=O)C(C)(C)C. The summed E-state index contributed by atoms with van der Waals surface area (Å²) in [6.45, 7) is 28.2. The molecule has 858 valence electrons. The van der Waals surface area contributed by atoms with Gasteiger partial charge >= 0.3 is 0 Å². The van der Waals surface area contributed by atoms with Crippen LogP contribution >= 0.6 is 50.5 Å². The average Bonchev–Trinajstić information content (AvgIpc) is 0.863. The Morgan fingerprint density at radius 3 is 1.02 bits per heavy atom. The molecule has 1 heterocycles. The van der Waals surface area contributed by atoms with Gasteiger partial charge in [0.15, 0.2) is 0 Å². The van der Waals surface area contributed by atoms with Crippen molar-refractivity contribution in [1.82, 2.24) is 79.8 Å². The second-order valence-corrected chi connectivity index (χ2v) is 40.4. The molecular weight excluding hydrogens is 2020 g/mol. The molecule has 47 nitrogen and oxygen atoms in total. The first-order valence-electron chi connectivity index (χ1n) is 50.6. The van der Waals surface area contributed by atoms with Gasteiger partial charge < -0.3 is 156 Å². The van der Waals surface area contributed by atoms with Gasteiger partial charge in [-0.15, -0.1) is 0 Å². The second kappa shape index (κ2) is 86.2. The van der Waals surface area contributed by atoms with Crippen molar-refractivity contribution < 1.29 is 153 Å². The third kappa shape index (κ3) is 80.6. The van der Waals surface area contributed by atoms with Crippen LogP contribution in [0.15, 0.2) is 0 Å². The molecule has 0 bridgehead atoms. The molecule has 0 aromatic heterocycles. The lowest BCUT2D eigenvalue weighted by Crippen LogP contribution is -2.53. The molecule has 0 aliphatic carbocycles. The number of hydrogen-bond donors (Lipinski definition) is 19. The van der Waals surface area contributed by atoms with Crippen LogP contribution in [-0.2, 0) is 153 Å². The third-order valence-corrected chi connectivity index (χ3v) is 22.1. The minimum Gasteiger partial charge on any atom is -0.378 e. The monoisotopic (exact) mass is 2190 g/mol. The number of ketones is 3. The van der Waals surface area contributed by atoms with Crippen LogP contribution in [-0.4, -0.2) is 436 Å². The number of amides is 13. The molecule has 148 heavy (non-hydrogen) atoms. The molecule has 0 radical (unpaired) electrons. The lowest BCUT2D eigenvalue weighted by Gasteiger charge is -2.33. The Morgan fingerprint density at radius 1 is 0.365 bits per heavy atom. The van der Waals surface area contributed by atoms with Crippen LogP contribution in [0.25, 0.3) is 0 Å². The van der Waals surface area contributed by atoms with E-state index in [1.54, 1.807) is 20.8 Å². The first-order chi connectivity index (χ1) is 70.3. The lowest BCUT2D eigenvalue weighted by molar-refractivity contribution is -0.131. The summed E-state index contributed by atoms with van der Waals surface area (Å²) in [5.74, 6) is -6.66. The highest BCUT2D eigenvalue weighted by molar-refractivity contribution is 7.80. The summed E-state index contributed by atoms with van der Waals surface area (Å²) < 4.78 is 95.3. The van der Waals surface area contributed by atoms with Gasteiger partial charge in [-0.25, -0.2) is 0 Å². The van der Waals surface area contributed by atoms with E-state index in [-0.39, 0.29) is 390 Å². The number of ether oxygens (including phenoxy) is 16. The predicted octanol–water partition coefficient (Wildman–Crippen LogP) is -1.70. The number of carbonyl (C=O) groups excluding carboxylic acids is 16. The Labute approximate surface area is 896 Å². The van der Waals surface area contributed by atoms with Crippen molar-refractivity contribution in [1.29, 1.82) is 0 Å². The molecule has 0 saturated carbocycles. The van der Waals surface area contributed by atoms with Crippen molar-refractivity contribution in [3.05, 3.63) is 0 Å². The molecule has 15 N–H and O–H groups in total. The molecule has 5 atom stereocenters. The van der Waals surface area contributed by atoms with Crippen LogP contribution in [0.3, 0.4) is 0 Å². The van der Waals surface area contributed by atoms with Crippen molar-refractivity contribution >= 4 is 145 Å². The zero-order valence-corrected chi connectivity index (χ0v) is 93.5. The molecule has 1 fully saturated rings. The lowest BCUT2D eigenvalue weighted by atomic mass is 9.88. The van der Waals surface area contributed by atoms with E-state index in [1.165, 1.54) is 6.92 Å². The highest BCUT2D eigenvalue weighted by Gasteiger charge is 2.36. The molecule has 0 aromatic carbocycles. The summed E-state index contributed by atoms with van der Waals surface area (Å²) in [5.41, 5.74) is -3.40. The predicted molar refractivity (Wildman–Crippen MR) is 565 cm³/mol. The van der Waals surface area contributed by atoms with E-state index in [9.17, 15) is 76.7 Å².